The fraction of sp³-hybridized carbons (Fsp3) is 1.00. The molecule has 1 heterocycles. The Hall–Kier alpha value is -0.130. The smallest absolute Gasteiger partial charge is 0.214 e. The molecule has 1 unspecified atom stereocenters. The lowest BCUT2D eigenvalue weighted by molar-refractivity contribution is 0.165. The highest BCUT2D eigenvalue weighted by atomic mass is 32.2. The van der Waals surface area contributed by atoms with Crippen molar-refractivity contribution in [3.8, 4) is 0 Å². The lowest BCUT2D eigenvalue weighted by Crippen LogP contribution is -2.42. The second-order valence-electron chi connectivity index (χ2n) is 5.48. The zero-order chi connectivity index (χ0) is 12.3. The molecular weight excluding hydrogens is 238 g/mol. The number of aliphatic hydroxyl groups excluding tert-OH is 1. The van der Waals surface area contributed by atoms with Crippen molar-refractivity contribution in [3.63, 3.8) is 0 Å². The van der Waals surface area contributed by atoms with Crippen LogP contribution in [0.15, 0.2) is 0 Å². The lowest BCUT2D eigenvalue weighted by atomic mass is 10.0. The Morgan fingerprint density at radius 2 is 1.71 bits per heavy atom. The molecule has 5 heteroatoms. The van der Waals surface area contributed by atoms with E-state index in [1.807, 2.05) is 0 Å². The molecule has 1 saturated heterocycles. The Morgan fingerprint density at radius 1 is 1.06 bits per heavy atom. The van der Waals surface area contributed by atoms with Crippen LogP contribution in [0.3, 0.4) is 0 Å². The zero-order valence-electron chi connectivity index (χ0n) is 10.3. The minimum absolute atomic E-state index is 0.107. The molecule has 2 aliphatic rings. The maximum Gasteiger partial charge on any atom is 0.214 e. The van der Waals surface area contributed by atoms with E-state index in [-0.39, 0.29) is 12.5 Å². The third kappa shape index (κ3) is 3.42. The third-order valence-electron chi connectivity index (χ3n) is 4.05. The number of hydrogen-bond donors (Lipinski definition) is 1. The van der Waals surface area contributed by atoms with Crippen LogP contribution in [0.5, 0.6) is 0 Å². The van der Waals surface area contributed by atoms with Gasteiger partial charge in [-0.25, -0.2) is 12.7 Å². The van der Waals surface area contributed by atoms with Gasteiger partial charge in [-0.2, -0.15) is 0 Å². The summed E-state index contributed by atoms with van der Waals surface area (Å²) in [6.07, 6.45) is 6.33. The number of hydrogen-bond acceptors (Lipinski definition) is 3. The molecule has 0 aromatic carbocycles. The molecule has 1 saturated carbocycles. The summed E-state index contributed by atoms with van der Waals surface area (Å²) < 4.78 is 26.1. The monoisotopic (exact) mass is 261 g/mol. The van der Waals surface area contributed by atoms with Gasteiger partial charge in [-0.15, -0.1) is 0 Å². The Kier molecular flexibility index (Phi) is 4.44. The van der Waals surface area contributed by atoms with E-state index in [9.17, 15) is 8.42 Å². The van der Waals surface area contributed by atoms with E-state index in [2.05, 4.69) is 0 Å². The van der Waals surface area contributed by atoms with E-state index in [4.69, 9.17) is 5.11 Å². The number of sulfonamides is 1. The standard InChI is InChI=1S/C12H23NO3S/c14-9-12-6-3-7-13(8-12)17(15,16)10-11-4-1-2-5-11/h11-12,14H,1-10H2. The summed E-state index contributed by atoms with van der Waals surface area (Å²) in [5.74, 6) is 0.835. The normalized spacial score (nSPS) is 28.6. The summed E-state index contributed by atoms with van der Waals surface area (Å²) in [4.78, 5) is 0. The van der Waals surface area contributed by atoms with Gasteiger partial charge < -0.3 is 5.11 Å². The van der Waals surface area contributed by atoms with Gasteiger partial charge >= 0.3 is 0 Å². The molecule has 1 aliphatic carbocycles. The number of piperidine rings is 1. The van der Waals surface area contributed by atoms with Crippen molar-refractivity contribution in [3.05, 3.63) is 0 Å². The summed E-state index contributed by atoms with van der Waals surface area (Å²) in [6, 6.07) is 0. The predicted octanol–water partition coefficient (Wildman–Crippen LogP) is 1.21. The minimum Gasteiger partial charge on any atom is -0.396 e. The Labute approximate surface area is 104 Å². The summed E-state index contributed by atoms with van der Waals surface area (Å²) in [6.45, 7) is 1.27. The number of rotatable bonds is 4. The van der Waals surface area contributed by atoms with Gasteiger partial charge in [0.1, 0.15) is 0 Å². The zero-order valence-corrected chi connectivity index (χ0v) is 11.2. The van der Waals surface area contributed by atoms with Crippen LogP contribution in [0.1, 0.15) is 38.5 Å². The molecule has 1 aliphatic heterocycles. The molecule has 1 N–H and O–H groups in total. The van der Waals surface area contributed by atoms with Gasteiger partial charge in [0.2, 0.25) is 10.0 Å². The Morgan fingerprint density at radius 3 is 2.35 bits per heavy atom. The highest BCUT2D eigenvalue weighted by Gasteiger charge is 2.31. The van der Waals surface area contributed by atoms with Gasteiger partial charge in [0.05, 0.1) is 5.75 Å². The first-order valence-electron chi connectivity index (χ1n) is 6.70. The van der Waals surface area contributed by atoms with Crippen LogP contribution in [0.2, 0.25) is 0 Å². The molecule has 17 heavy (non-hydrogen) atoms. The number of aliphatic hydroxyl groups is 1. The Bertz CT molecular complexity index is 336. The van der Waals surface area contributed by atoms with Crippen molar-refractivity contribution in [1.82, 2.24) is 4.31 Å². The van der Waals surface area contributed by atoms with Crippen molar-refractivity contribution in [2.24, 2.45) is 11.8 Å². The van der Waals surface area contributed by atoms with Gasteiger partial charge in [0.25, 0.3) is 0 Å². The molecule has 0 aromatic heterocycles. The van der Waals surface area contributed by atoms with E-state index >= 15 is 0 Å². The first-order valence-corrected chi connectivity index (χ1v) is 8.31. The molecule has 0 aromatic rings. The van der Waals surface area contributed by atoms with Gasteiger partial charge in [-0.05, 0) is 37.5 Å². The van der Waals surface area contributed by atoms with Gasteiger partial charge in [0.15, 0.2) is 0 Å². The van der Waals surface area contributed by atoms with E-state index in [0.717, 1.165) is 25.7 Å². The summed E-state index contributed by atoms with van der Waals surface area (Å²) >= 11 is 0. The maximum atomic E-state index is 12.2. The van der Waals surface area contributed by atoms with E-state index in [1.165, 1.54) is 12.8 Å². The topological polar surface area (TPSA) is 57.6 Å². The second kappa shape index (κ2) is 5.67. The molecule has 2 rings (SSSR count). The van der Waals surface area contributed by atoms with Crippen molar-refractivity contribution >= 4 is 10.0 Å². The largest absolute Gasteiger partial charge is 0.396 e. The summed E-state index contributed by atoms with van der Waals surface area (Å²) in [5, 5.41) is 9.14. The highest BCUT2D eigenvalue weighted by Crippen LogP contribution is 2.28. The molecule has 0 amide bonds. The van der Waals surface area contributed by atoms with Crippen molar-refractivity contribution < 1.29 is 13.5 Å². The fourth-order valence-electron chi connectivity index (χ4n) is 3.01. The summed E-state index contributed by atoms with van der Waals surface area (Å²) in [5.41, 5.74) is 0. The van der Waals surface area contributed by atoms with E-state index < -0.39 is 10.0 Å². The average molecular weight is 261 g/mol. The van der Waals surface area contributed by atoms with Crippen LogP contribution >= 0.6 is 0 Å². The molecule has 2 fully saturated rings. The second-order valence-corrected chi connectivity index (χ2v) is 7.49. The maximum absolute atomic E-state index is 12.2. The van der Waals surface area contributed by atoms with Crippen LogP contribution in [0, 0.1) is 11.8 Å². The van der Waals surface area contributed by atoms with Crippen LogP contribution < -0.4 is 0 Å². The lowest BCUT2D eigenvalue weighted by Gasteiger charge is -2.31. The van der Waals surface area contributed by atoms with Gasteiger partial charge in [0, 0.05) is 19.7 Å². The van der Waals surface area contributed by atoms with Gasteiger partial charge in [-0.1, -0.05) is 12.8 Å². The first-order chi connectivity index (χ1) is 8.12. The van der Waals surface area contributed by atoms with E-state index in [0.29, 0.717) is 24.8 Å². The highest BCUT2D eigenvalue weighted by molar-refractivity contribution is 7.89. The first kappa shape index (κ1) is 13.3. The van der Waals surface area contributed by atoms with Crippen LogP contribution in [0.4, 0.5) is 0 Å². The molecule has 0 radical (unpaired) electrons. The predicted molar refractivity (Wildman–Crippen MR) is 67.1 cm³/mol. The van der Waals surface area contributed by atoms with Crippen LogP contribution in [-0.2, 0) is 10.0 Å². The molecule has 0 spiro atoms. The SMILES string of the molecule is O=S(=O)(CC1CCCC1)N1CCCC(CO)C1. The van der Waals surface area contributed by atoms with Crippen LogP contribution in [-0.4, -0.2) is 43.3 Å². The molecule has 4 nitrogen and oxygen atoms in total. The minimum atomic E-state index is -3.09. The quantitative estimate of drug-likeness (QED) is 0.827. The van der Waals surface area contributed by atoms with Gasteiger partial charge in [-0.3, -0.25) is 0 Å². The molecule has 1 atom stereocenters. The fourth-order valence-corrected chi connectivity index (χ4v) is 4.99. The molecule has 100 valence electrons. The van der Waals surface area contributed by atoms with Crippen LogP contribution in [0.25, 0.3) is 0 Å². The average Bonchev–Trinajstić information content (AvgIpc) is 2.81. The Balaban J connectivity index is 1.94. The molecule has 0 bridgehead atoms. The summed E-state index contributed by atoms with van der Waals surface area (Å²) in [7, 11) is -3.09. The number of nitrogens with zero attached hydrogens (tertiary/aromatic N) is 1. The van der Waals surface area contributed by atoms with E-state index in [1.54, 1.807) is 4.31 Å². The van der Waals surface area contributed by atoms with Crippen molar-refractivity contribution in [2.45, 2.75) is 38.5 Å². The third-order valence-corrected chi connectivity index (χ3v) is 6.07. The van der Waals surface area contributed by atoms with Crippen molar-refractivity contribution in [1.29, 1.82) is 0 Å². The van der Waals surface area contributed by atoms with Crippen molar-refractivity contribution in [2.75, 3.05) is 25.4 Å². The molecular formula is C12H23NO3S.